The van der Waals surface area contributed by atoms with Crippen LogP contribution in [0, 0.1) is 0 Å². The highest BCUT2D eigenvalue weighted by molar-refractivity contribution is 8.01. The van der Waals surface area contributed by atoms with Crippen LogP contribution in [0.3, 0.4) is 0 Å². The van der Waals surface area contributed by atoms with Crippen molar-refractivity contribution in [3.8, 4) is 34.2 Å². The zero-order chi connectivity index (χ0) is 70.9. The molecule has 0 saturated carbocycles. The molecular weight excluding hydrogens is 1440 g/mol. The summed E-state index contributed by atoms with van der Waals surface area (Å²) in [6, 6.07) is 110. The molecule has 0 fully saturated rings. The predicted molar refractivity (Wildman–Crippen MR) is 442 cm³/mol. The lowest BCUT2D eigenvalue weighted by Gasteiger charge is -2.35. The molecular formula is C90H54N12S6. The molecule has 108 heavy (non-hydrogen) atoms. The van der Waals surface area contributed by atoms with E-state index in [4.69, 9.17) is 29.9 Å². The van der Waals surface area contributed by atoms with Crippen LogP contribution in [0.1, 0.15) is 0 Å². The molecule has 0 unspecified atom stereocenters. The SMILES string of the molecule is c1ccc2c(c1)Sc1ccccc1N2c1ccc2c(c1)Sc1ccccc1N2c1ccnc(-c2cc(-c3nccc(N4c5ccccc5Sc5cc(N6c7ccccc7Sc7ccccc76)ccc54)n3)cc(-c3nccc(N4c5ccccc5Sc5cc(N6c7ccccc7Sc7ccccc76)ccc54)n3)c2)n1. The van der Waals surface area contributed by atoms with E-state index in [0.29, 0.717) is 34.9 Å². The third-order valence-corrected chi connectivity index (χ3v) is 26.6. The Morgan fingerprint density at radius 3 is 0.602 bits per heavy atom. The van der Waals surface area contributed by atoms with Crippen molar-refractivity contribution in [2.24, 2.45) is 0 Å². The first-order valence-electron chi connectivity index (χ1n) is 35.3. The Morgan fingerprint density at radius 2 is 0.370 bits per heavy atom. The summed E-state index contributed by atoms with van der Waals surface area (Å²) in [4.78, 5) is 60.2. The van der Waals surface area contributed by atoms with E-state index in [1.54, 1.807) is 35.3 Å². The lowest BCUT2D eigenvalue weighted by molar-refractivity contribution is 1.07. The van der Waals surface area contributed by atoms with Crippen molar-refractivity contribution in [2.45, 2.75) is 58.7 Å². The largest absolute Gasteiger partial charge is 0.308 e. The van der Waals surface area contributed by atoms with Crippen molar-refractivity contribution < 1.29 is 0 Å². The lowest BCUT2D eigenvalue weighted by Crippen LogP contribution is -2.18. The van der Waals surface area contributed by atoms with Crippen LogP contribution in [-0.2, 0) is 0 Å². The summed E-state index contributed by atoms with van der Waals surface area (Å²) in [6.07, 6.45) is 5.59. The predicted octanol–water partition coefficient (Wildman–Crippen LogP) is 26.7. The summed E-state index contributed by atoms with van der Waals surface area (Å²) in [5.41, 5.74) is 18.4. The fourth-order valence-corrected chi connectivity index (χ4v) is 21.6. The molecule has 6 aliphatic rings. The molecule has 0 bridgehead atoms. The molecule has 0 aliphatic carbocycles. The maximum atomic E-state index is 5.60. The third-order valence-electron chi connectivity index (χ3n) is 19.9. The van der Waals surface area contributed by atoms with Gasteiger partial charge in [-0.05, 0) is 200 Å². The zero-order valence-electron chi connectivity index (χ0n) is 57.0. The first-order chi connectivity index (χ1) is 53.5. The maximum absolute atomic E-state index is 5.60. The Labute approximate surface area is 648 Å². The van der Waals surface area contributed by atoms with Crippen molar-refractivity contribution >= 4 is 173 Å². The minimum Gasteiger partial charge on any atom is -0.308 e. The van der Waals surface area contributed by atoms with Gasteiger partial charge < -0.3 is 14.7 Å². The Balaban J connectivity index is 0.679. The van der Waals surface area contributed by atoms with Gasteiger partial charge in [0.1, 0.15) is 17.5 Å². The summed E-state index contributed by atoms with van der Waals surface area (Å²) in [5.74, 6) is 3.64. The maximum Gasteiger partial charge on any atom is 0.161 e. The van der Waals surface area contributed by atoms with Crippen LogP contribution >= 0.6 is 70.6 Å². The average molecular weight is 1500 g/mol. The second kappa shape index (κ2) is 25.9. The van der Waals surface area contributed by atoms with Crippen LogP contribution < -0.4 is 29.4 Å². The molecule has 13 aromatic carbocycles. The molecule has 12 nitrogen and oxygen atoms in total. The highest BCUT2D eigenvalue weighted by Gasteiger charge is 2.35. The molecule has 510 valence electrons. The van der Waals surface area contributed by atoms with Crippen LogP contribution in [0.15, 0.2) is 387 Å². The average Bonchev–Trinajstić information content (AvgIpc) is 0.748. The van der Waals surface area contributed by atoms with Gasteiger partial charge in [0, 0.05) is 111 Å². The minimum absolute atomic E-state index is 0.504. The number of para-hydroxylation sites is 9. The Bertz CT molecular complexity index is 5660. The van der Waals surface area contributed by atoms with Crippen LogP contribution in [0.5, 0.6) is 0 Å². The molecule has 9 heterocycles. The molecule has 0 N–H and O–H groups in total. The van der Waals surface area contributed by atoms with Gasteiger partial charge in [-0.2, -0.15) is 0 Å². The van der Waals surface area contributed by atoms with Crippen molar-refractivity contribution in [1.82, 2.24) is 29.9 Å². The molecule has 0 saturated heterocycles. The highest BCUT2D eigenvalue weighted by Crippen LogP contribution is 2.60. The van der Waals surface area contributed by atoms with E-state index < -0.39 is 0 Å². The standard InChI is InChI=1S/C90H54N12S6/c1-10-28-73-61(19-1)97(62-20-2-11-29-74(62)103-73)58-37-40-70-82(52-58)106-79-34-16-7-25-67(79)100(70)85-43-46-91-88(94-85)55-49-56(89-92-47-44-86(95-89)101-68-26-8-17-35-80(68)107-83-53-59(38-41-71(83)101)98-63-21-3-12-30-75(63)104-76-31-13-4-22-64(76)98)51-57(50-55)90-93-48-45-87(96-90)102-69-27-9-18-36-81(69)108-84-54-60(39-42-72(84)102)99-65-23-5-14-32-77(65)105-78-33-15-6-24-66(78)99/h1-54H. The highest BCUT2D eigenvalue weighted by atomic mass is 32.2. The quantitative estimate of drug-likeness (QED) is 0.137. The molecule has 0 spiro atoms. The monoisotopic (exact) mass is 1490 g/mol. The summed E-state index contributed by atoms with van der Waals surface area (Å²) < 4.78 is 0. The summed E-state index contributed by atoms with van der Waals surface area (Å²) >= 11 is 10.8. The van der Waals surface area contributed by atoms with E-state index >= 15 is 0 Å². The number of benzene rings is 13. The fraction of sp³-hybridized carbons (Fsp3) is 0. The van der Waals surface area contributed by atoms with Crippen molar-refractivity contribution in [3.05, 3.63) is 328 Å². The number of anilines is 18. The smallest absolute Gasteiger partial charge is 0.161 e. The Hall–Kier alpha value is -12.0. The topological polar surface area (TPSA) is 96.8 Å². The van der Waals surface area contributed by atoms with E-state index in [1.165, 1.54) is 29.4 Å². The fourth-order valence-electron chi connectivity index (χ4n) is 15.2. The van der Waals surface area contributed by atoms with E-state index in [9.17, 15) is 0 Å². The van der Waals surface area contributed by atoms with Crippen molar-refractivity contribution in [1.29, 1.82) is 0 Å². The second-order valence-electron chi connectivity index (χ2n) is 26.3. The normalized spacial score (nSPS) is 13.8. The first-order valence-corrected chi connectivity index (χ1v) is 40.2. The number of hydrogen-bond acceptors (Lipinski definition) is 18. The zero-order valence-corrected chi connectivity index (χ0v) is 61.9. The molecule has 22 rings (SSSR count). The van der Waals surface area contributed by atoms with Gasteiger partial charge in [-0.15, -0.1) is 0 Å². The Morgan fingerprint density at radius 1 is 0.176 bits per heavy atom. The minimum atomic E-state index is 0.504. The summed E-state index contributed by atoms with van der Waals surface area (Å²) in [6.45, 7) is 0. The van der Waals surface area contributed by atoms with E-state index in [-0.39, 0.29) is 0 Å². The van der Waals surface area contributed by atoms with Crippen LogP contribution in [-0.4, -0.2) is 29.9 Å². The molecule has 0 radical (unpaired) electrons. The number of nitrogens with zero attached hydrogens (tertiary/aromatic N) is 12. The van der Waals surface area contributed by atoms with Gasteiger partial charge in [-0.3, -0.25) is 14.7 Å². The van der Waals surface area contributed by atoms with Gasteiger partial charge in [0.2, 0.25) is 0 Å². The van der Waals surface area contributed by atoms with E-state index in [1.807, 2.05) is 72.1 Å². The van der Waals surface area contributed by atoms with Gasteiger partial charge >= 0.3 is 0 Å². The summed E-state index contributed by atoms with van der Waals surface area (Å²) in [5, 5.41) is 0. The number of aromatic nitrogens is 6. The molecule has 6 aliphatic heterocycles. The van der Waals surface area contributed by atoms with Gasteiger partial charge in [-0.1, -0.05) is 180 Å². The van der Waals surface area contributed by atoms with Crippen LogP contribution in [0.2, 0.25) is 0 Å². The first kappa shape index (κ1) is 63.3. The second-order valence-corrected chi connectivity index (χ2v) is 32.8. The summed E-state index contributed by atoms with van der Waals surface area (Å²) in [7, 11) is 0. The van der Waals surface area contributed by atoms with Gasteiger partial charge in [0.05, 0.1) is 68.2 Å². The molecule has 0 atom stereocenters. The molecule has 16 aromatic rings. The molecule has 0 amide bonds. The lowest BCUT2D eigenvalue weighted by atomic mass is 10.0. The molecule has 18 heteroatoms. The van der Waals surface area contributed by atoms with Crippen molar-refractivity contribution in [2.75, 3.05) is 29.4 Å². The number of hydrogen-bond donors (Lipinski definition) is 0. The van der Waals surface area contributed by atoms with Crippen LogP contribution in [0.4, 0.5) is 103 Å². The third kappa shape index (κ3) is 10.7. The number of rotatable bonds is 9. The molecule has 3 aromatic heterocycles. The van der Waals surface area contributed by atoms with E-state index in [2.05, 4.69) is 321 Å². The van der Waals surface area contributed by atoms with Crippen LogP contribution in [0.25, 0.3) is 34.2 Å². The van der Waals surface area contributed by atoms with Gasteiger partial charge in [-0.25, -0.2) is 29.9 Å². The van der Waals surface area contributed by atoms with Crippen molar-refractivity contribution in [3.63, 3.8) is 0 Å². The van der Waals surface area contributed by atoms with Gasteiger partial charge in [0.15, 0.2) is 17.5 Å². The number of fused-ring (bicyclic) bond motifs is 12. The van der Waals surface area contributed by atoms with E-state index in [0.717, 1.165) is 131 Å². The van der Waals surface area contributed by atoms with Gasteiger partial charge in [0.25, 0.3) is 0 Å². The Kier molecular flexibility index (Phi) is 15.2.